The quantitative estimate of drug-likeness (QED) is 0.394. The Morgan fingerprint density at radius 3 is 2.47 bits per heavy atom. The van der Waals surface area contributed by atoms with Crippen molar-refractivity contribution in [2.75, 3.05) is 19.5 Å². The number of carbonyl (C=O) groups excluding carboxylic acids is 1. The molecule has 164 valence electrons. The molecule has 0 unspecified atom stereocenters. The zero-order chi connectivity index (χ0) is 22.5. The summed E-state index contributed by atoms with van der Waals surface area (Å²) in [5.41, 5.74) is 4.65. The summed E-state index contributed by atoms with van der Waals surface area (Å²) in [5, 5.41) is 3.69. The second-order valence-electron chi connectivity index (χ2n) is 7.27. The van der Waals surface area contributed by atoms with Crippen LogP contribution in [0.15, 0.2) is 66.1 Å². The molecule has 1 amide bonds. The lowest BCUT2D eigenvalue weighted by Gasteiger charge is -2.12. The van der Waals surface area contributed by atoms with E-state index in [2.05, 4.69) is 41.5 Å². The van der Waals surface area contributed by atoms with E-state index < -0.39 is 0 Å². The Morgan fingerprint density at radius 2 is 1.78 bits per heavy atom. The van der Waals surface area contributed by atoms with Gasteiger partial charge >= 0.3 is 0 Å². The summed E-state index contributed by atoms with van der Waals surface area (Å²) in [7, 11) is 3.14. The van der Waals surface area contributed by atoms with Crippen LogP contribution in [0.25, 0.3) is 11.0 Å². The van der Waals surface area contributed by atoms with Gasteiger partial charge in [0.15, 0.2) is 5.16 Å². The zero-order valence-corrected chi connectivity index (χ0v) is 19.0. The fourth-order valence-electron chi connectivity index (χ4n) is 3.27. The fourth-order valence-corrected chi connectivity index (χ4v) is 4.24. The fraction of sp³-hybridized carbons (Fsp3) is 0.208. The average molecular weight is 449 g/mol. The summed E-state index contributed by atoms with van der Waals surface area (Å²) in [6.45, 7) is 2.18. The first-order valence-electron chi connectivity index (χ1n) is 10.1. The first-order valence-corrected chi connectivity index (χ1v) is 11.1. The standard InChI is InChI=1S/C24H24N4O3S/c1-16-4-6-17(7-5-16)15-32-24-27-21-8-9-25-13-22(21)28(24)14-23(29)26-18-10-19(30-2)12-20(11-18)31-3/h4-13H,14-15H2,1-3H3,(H,26,29). The van der Waals surface area contributed by atoms with Crippen LogP contribution in [-0.2, 0) is 17.1 Å². The molecule has 2 aromatic carbocycles. The number of nitrogens with zero attached hydrogens (tertiary/aromatic N) is 3. The number of thioether (sulfide) groups is 1. The molecule has 2 heterocycles. The number of ether oxygens (including phenoxy) is 2. The van der Waals surface area contributed by atoms with E-state index in [1.54, 1.807) is 56.6 Å². The Hall–Kier alpha value is -3.52. The highest BCUT2D eigenvalue weighted by atomic mass is 32.2. The largest absolute Gasteiger partial charge is 0.497 e. The smallest absolute Gasteiger partial charge is 0.244 e. The number of rotatable bonds is 8. The number of nitrogens with one attached hydrogen (secondary N) is 1. The second-order valence-corrected chi connectivity index (χ2v) is 8.21. The van der Waals surface area contributed by atoms with Gasteiger partial charge in [-0.1, -0.05) is 41.6 Å². The van der Waals surface area contributed by atoms with Crippen LogP contribution in [0.1, 0.15) is 11.1 Å². The summed E-state index contributed by atoms with van der Waals surface area (Å²) >= 11 is 1.60. The monoisotopic (exact) mass is 448 g/mol. The number of aryl methyl sites for hydroxylation is 1. The molecule has 8 heteroatoms. The van der Waals surface area contributed by atoms with Gasteiger partial charge in [0.2, 0.25) is 5.91 Å². The number of fused-ring (bicyclic) bond motifs is 1. The molecular weight excluding hydrogens is 424 g/mol. The predicted molar refractivity (Wildman–Crippen MR) is 126 cm³/mol. The molecule has 0 radical (unpaired) electrons. The minimum atomic E-state index is -0.180. The van der Waals surface area contributed by atoms with Crippen molar-refractivity contribution in [1.82, 2.24) is 14.5 Å². The van der Waals surface area contributed by atoms with E-state index in [-0.39, 0.29) is 12.5 Å². The number of amides is 1. The van der Waals surface area contributed by atoms with Gasteiger partial charge in [0, 0.05) is 35.8 Å². The first kappa shape index (κ1) is 21.7. The number of aromatic nitrogens is 3. The van der Waals surface area contributed by atoms with Gasteiger partial charge in [-0.15, -0.1) is 0 Å². The highest BCUT2D eigenvalue weighted by Gasteiger charge is 2.15. The molecule has 0 aliphatic heterocycles. The first-order chi connectivity index (χ1) is 15.6. The molecule has 0 bridgehead atoms. The topological polar surface area (TPSA) is 78.3 Å². The molecule has 0 spiro atoms. The number of carbonyl (C=O) groups is 1. The summed E-state index contributed by atoms with van der Waals surface area (Å²) in [4.78, 5) is 21.9. The Morgan fingerprint density at radius 1 is 1.06 bits per heavy atom. The molecule has 2 aromatic heterocycles. The third kappa shape index (κ3) is 5.03. The molecule has 0 aliphatic carbocycles. The molecule has 4 rings (SSSR count). The predicted octanol–water partition coefficient (Wildman–Crippen LogP) is 4.69. The van der Waals surface area contributed by atoms with Crippen LogP contribution in [0.2, 0.25) is 0 Å². The lowest BCUT2D eigenvalue weighted by Crippen LogP contribution is -2.19. The summed E-state index contributed by atoms with van der Waals surface area (Å²) in [6, 6.07) is 15.5. The van der Waals surface area contributed by atoms with Gasteiger partial charge in [-0.2, -0.15) is 0 Å². The Labute approximate surface area is 190 Å². The van der Waals surface area contributed by atoms with Crippen molar-refractivity contribution in [1.29, 1.82) is 0 Å². The lowest BCUT2D eigenvalue weighted by atomic mass is 10.2. The van der Waals surface area contributed by atoms with Crippen LogP contribution in [0.3, 0.4) is 0 Å². The van der Waals surface area contributed by atoms with E-state index in [0.717, 1.165) is 21.9 Å². The normalized spacial score (nSPS) is 10.8. The summed E-state index contributed by atoms with van der Waals surface area (Å²) in [6.07, 6.45) is 3.44. The van der Waals surface area contributed by atoms with Crippen LogP contribution in [0.5, 0.6) is 11.5 Å². The Balaban J connectivity index is 1.55. The van der Waals surface area contributed by atoms with Crippen LogP contribution in [0.4, 0.5) is 5.69 Å². The number of anilines is 1. The zero-order valence-electron chi connectivity index (χ0n) is 18.2. The molecular formula is C24H24N4O3S. The Kier molecular flexibility index (Phi) is 6.61. The summed E-state index contributed by atoms with van der Waals surface area (Å²) in [5.74, 6) is 1.78. The highest BCUT2D eigenvalue weighted by molar-refractivity contribution is 7.98. The SMILES string of the molecule is COc1cc(NC(=O)Cn2c(SCc3ccc(C)cc3)nc3ccncc32)cc(OC)c1. The van der Waals surface area contributed by atoms with E-state index in [1.165, 1.54) is 11.1 Å². The third-order valence-corrected chi connectivity index (χ3v) is 5.99. The van der Waals surface area contributed by atoms with Gasteiger partial charge < -0.3 is 19.4 Å². The molecule has 0 atom stereocenters. The van der Waals surface area contributed by atoms with Gasteiger partial charge in [-0.3, -0.25) is 9.78 Å². The van der Waals surface area contributed by atoms with E-state index in [0.29, 0.717) is 17.2 Å². The number of methoxy groups -OCH3 is 2. The minimum Gasteiger partial charge on any atom is -0.497 e. The molecule has 32 heavy (non-hydrogen) atoms. The van der Waals surface area contributed by atoms with Crippen molar-refractivity contribution in [2.24, 2.45) is 0 Å². The van der Waals surface area contributed by atoms with Gasteiger partial charge in [0.1, 0.15) is 18.0 Å². The van der Waals surface area contributed by atoms with Crippen LogP contribution in [-0.4, -0.2) is 34.7 Å². The van der Waals surface area contributed by atoms with Crippen molar-refractivity contribution < 1.29 is 14.3 Å². The molecule has 4 aromatic rings. The molecule has 7 nitrogen and oxygen atoms in total. The van der Waals surface area contributed by atoms with Gasteiger partial charge in [0.05, 0.1) is 31.4 Å². The van der Waals surface area contributed by atoms with Crippen LogP contribution >= 0.6 is 11.8 Å². The van der Waals surface area contributed by atoms with E-state index in [1.807, 2.05) is 10.6 Å². The summed E-state index contributed by atoms with van der Waals surface area (Å²) < 4.78 is 12.5. The molecule has 0 saturated heterocycles. The number of pyridine rings is 1. The number of benzene rings is 2. The van der Waals surface area contributed by atoms with Gasteiger partial charge in [-0.25, -0.2) is 4.98 Å². The maximum absolute atomic E-state index is 12.9. The second kappa shape index (κ2) is 9.74. The maximum Gasteiger partial charge on any atom is 0.244 e. The Bertz CT molecular complexity index is 1220. The number of imidazole rings is 1. The van der Waals surface area contributed by atoms with Crippen molar-refractivity contribution in [2.45, 2.75) is 24.4 Å². The van der Waals surface area contributed by atoms with Gasteiger partial charge in [-0.05, 0) is 18.6 Å². The van der Waals surface area contributed by atoms with E-state index >= 15 is 0 Å². The maximum atomic E-state index is 12.9. The van der Waals surface area contributed by atoms with Crippen molar-refractivity contribution >= 4 is 34.4 Å². The van der Waals surface area contributed by atoms with Crippen LogP contribution in [0, 0.1) is 6.92 Å². The van der Waals surface area contributed by atoms with Crippen molar-refractivity contribution in [3.63, 3.8) is 0 Å². The van der Waals surface area contributed by atoms with Crippen molar-refractivity contribution in [3.8, 4) is 11.5 Å². The van der Waals surface area contributed by atoms with Crippen molar-refractivity contribution in [3.05, 3.63) is 72.1 Å². The lowest BCUT2D eigenvalue weighted by molar-refractivity contribution is -0.116. The molecule has 0 aliphatic rings. The minimum absolute atomic E-state index is 0.109. The molecule has 0 saturated carbocycles. The third-order valence-electron chi connectivity index (χ3n) is 4.94. The molecule has 0 fully saturated rings. The number of hydrogen-bond donors (Lipinski definition) is 1. The van der Waals surface area contributed by atoms with Gasteiger partial charge in [0.25, 0.3) is 0 Å². The highest BCUT2D eigenvalue weighted by Crippen LogP contribution is 2.28. The average Bonchev–Trinajstić information content (AvgIpc) is 3.15. The van der Waals surface area contributed by atoms with E-state index in [4.69, 9.17) is 14.5 Å². The van der Waals surface area contributed by atoms with Crippen LogP contribution < -0.4 is 14.8 Å². The molecule has 1 N–H and O–H groups in total. The number of hydrogen-bond acceptors (Lipinski definition) is 6. The van der Waals surface area contributed by atoms with E-state index in [9.17, 15) is 4.79 Å².